The number of benzene rings is 1. The fraction of sp³-hybridized carbons (Fsp3) is 0.650. The maximum Gasteiger partial charge on any atom is 0.173 e. The van der Waals surface area contributed by atoms with E-state index in [0.717, 1.165) is 13.0 Å². The van der Waals surface area contributed by atoms with Crippen molar-refractivity contribution in [3.63, 3.8) is 0 Å². The molecule has 1 aliphatic carbocycles. The Kier molecular flexibility index (Phi) is 4.61. The maximum atomic E-state index is 12.3. The first-order chi connectivity index (χ1) is 10.9. The van der Waals surface area contributed by atoms with E-state index in [-0.39, 0.29) is 17.4 Å². The number of ether oxygens (including phenoxy) is 1. The zero-order chi connectivity index (χ0) is 16.6. The van der Waals surface area contributed by atoms with E-state index in [1.165, 1.54) is 18.4 Å². The Morgan fingerprint density at radius 1 is 1.26 bits per heavy atom. The van der Waals surface area contributed by atoms with Crippen molar-refractivity contribution in [1.82, 2.24) is 4.90 Å². The Morgan fingerprint density at radius 3 is 2.61 bits per heavy atom. The molecule has 0 amide bonds. The molecule has 2 fully saturated rings. The Morgan fingerprint density at radius 2 is 1.96 bits per heavy atom. The molecule has 0 aromatic heterocycles. The van der Waals surface area contributed by atoms with Gasteiger partial charge in [0.2, 0.25) is 0 Å². The van der Waals surface area contributed by atoms with Crippen LogP contribution in [0.2, 0.25) is 0 Å². The van der Waals surface area contributed by atoms with Gasteiger partial charge in [0.1, 0.15) is 0 Å². The van der Waals surface area contributed by atoms with Gasteiger partial charge in [-0.3, -0.25) is 9.69 Å². The van der Waals surface area contributed by atoms with E-state index in [0.29, 0.717) is 11.8 Å². The molecular formula is C20H29NO2. The van der Waals surface area contributed by atoms with Crippen molar-refractivity contribution in [2.24, 2.45) is 11.8 Å². The van der Waals surface area contributed by atoms with Crippen molar-refractivity contribution in [1.29, 1.82) is 0 Å². The molecule has 0 bridgehead atoms. The largest absolute Gasteiger partial charge is 0.352 e. The minimum absolute atomic E-state index is 0.0325. The van der Waals surface area contributed by atoms with E-state index in [1.54, 1.807) is 6.92 Å². The number of nitrogens with zero attached hydrogens (tertiary/aromatic N) is 1. The van der Waals surface area contributed by atoms with Crippen LogP contribution in [0.3, 0.4) is 0 Å². The quantitative estimate of drug-likeness (QED) is 0.844. The van der Waals surface area contributed by atoms with Crippen LogP contribution in [0.1, 0.15) is 52.5 Å². The number of carbonyl (C=O) groups excluding carboxylic acids is 1. The summed E-state index contributed by atoms with van der Waals surface area (Å²) in [5, 5.41) is 0. The van der Waals surface area contributed by atoms with Crippen LogP contribution in [-0.2, 0) is 16.1 Å². The van der Waals surface area contributed by atoms with Crippen molar-refractivity contribution >= 4 is 5.78 Å². The number of hydrogen-bond acceptors (Lipinski definition) is 3. The fourth-order valence-corrected chi connectivity index (χ4v) is 4.42. The summed E-state index contributed by atoms with van der Waals surface area (Å²) in [5.74, 6) is 1.31. The normalized spacial score (nSPS) is 33.9. The first kappa shape index (κ1) is 16.7. The Bertz CT molecular complexity index is 554. The van der Waals surface area contributed by atoms with Crippen molar-refractivity contribution < 1.29 is 9.53 Å². The van der Waals surface area contributed by atoms with Crippen molar-refractivity contribution in [3.05, 3.63) is 35.9 Å². The fourth-order valence-electron chi connectivity index (χ4n) is 4.42. The molecule has 1 heterocycles. The lowest BCUT2D eigenvalue weighted by Crippen LogP contribution is -2.65. The third-order valence-electron chi connectivity index (χ3n) is 5.83. The summed E-state index contributed by atoms with van der Waals surface area (Å²) in [4.78, 5) is 14.6. The highest BCUT2D eigenvalue weighted by Gasteiger charge is 2.51. The number of hydrogen-bond donors (Lipinski definition) is 0. The summed E-state index contributed by atoms with van der Waals surface area (Å²) in [7, 11) is 0. The second kappa shape index (κ2) is 6.37. The molecule has 1 aromatic rings. The average Bonchev–Trinajstić information content (AvgIpc) is 2.50. The molecule has 0 N–H and O–H groups in total. The summed E-state index contributed by atoms with van der Waals surface area (Å²) >= 11 is 0. The summed E-state index contributed by atoms with van der Waals surface area (Å²) in [5.41, 5.74) is 1.20. The molecule has 3 nitrogen and oxygen atoms in total. The molecule has 1 saturated carbocycles. The highest BCUT2D eigenvalue weighted by molar-refractivity contribution is 5.80. The molecule has 23 heavy (non-hydrogen) atoms. The second-order valence-electron chi connectivity index (χ2n) is 7.93. The van der Waals surface area contributed by atoms with Gasteiger partial charge in [0.25, 0.3) is 0 Å². The van der Waals surface area contributed by atoms with Crippen LogP contribution in [0, 0.1) is 11.8 Å². The Hall–Kier alpha value is -1.19. The number of ketones is 1. The second-order valence-corrected chi connectivity index (χ2v) is 7.93. The summed E-state index contributed by atoms with van der Waals surface area (Å²) in [6.45, 7) is 9.30. The highest BCUT2D eigenvalue weighted by atomic mass is 16.5. The maximum absolute atomic E-state index is 12.3. The zero-order valence-corrected chi connectivity index (χ0v) is 14.8. The lowest BCUT2D eigenvalue weighted by atomic mass is 9.69. The molecule has 1 aromatic carbocycles. The molecule has 0 spiro atoms. The van der Waals surface area contributed by atoms with Crippen LogP contribution in [0.25, 0.3) is 0 Å². The van der Waals surface area contributed by atoms with Crippen LogP contribution < -0.4 is 0 Å². The Labute approximate surface area is 140 Å². The van der Waals surface area contributed by atoms with Crippen LogP contribution in [0.15, 0.2) is 30.3 Å². The number of rotatable bonds is 3. The average molecular weight is 315 g/mol. The van der Waals surface area contributed by atoms with Crippen LogP contribution in [0.4, 0.5) is 0 Å². The predicted molar refractivity (Wildman–Crippen MR) is 91.9 cm³/mol. The zero-order valence-electron chi connectivity index (χ0n) is 14.8. The minimum Gasteiger partial charge on any atom is -0.352 e. The SMILES string of the molecule is CC(=O)[C@@H]1O[C@H]2C[C@H](C)CC[C@H]2C(C)(C)N1Cc1ccccc1. The lowest BCUT2D eigenvalue weighted by Gasteiger charge is -2.56. The first-order valence-electron chi connectivity index (χ1n) is 8.86. The van der Waals surface area contributed by atoms with Gasteiger partial charge in [-0.1, -0.05) is 43.7 Å². The molecule has 1 aliphatic heterocycles. The lowest BCUT2D eigenvalue weighted by molar-refractivity contribution is -0.230. The van der Waals surface area contributed by atoms with Gasteiger partial charge in [-0.2, -0.15) is 0 Å². The molecule has 4 atom stereocenters. The van der Waals surface area contributed by atoms with E-state index in [1.807, 2.05) is 6.07 Å². The van der Waals surface area contributed by atoms with E-state index in [2.05, 4.69) is 49.9 Å². The topological polar surface area (TPSA) is 29.5 Å². The summed E-state index contributed by atoms with van der Waals surface area (Å²) < 4.78 is 6.32. The molecule has 126 valence electrons. The van der Waals surface area contributed by atoms with E-state index < -0.39 is 6.23 Å². The molecule has 3 heteroatoms. The molecule has 2 aliphatic rings. The summed E-state index contributed by atoms with van der Waals surface area (Å²) in [6, 6.07) is 10.4. The first-order valence-corrected chi connectivity index (χ1v) is 8.86. The van der Waals surface area contributed by atoms with E-state index in [4.69, 9.17) is 4.74 Å². The van der Waals surface area contributed by atoms with Gasteiger partial charge < -0.3 is 4.74 Å². The van der Waals surface area contributed by atoms with Crippen LogP contribution in [0.5, 0.6) is 0 Å². The Balaban J connectivity index is 1.90. The van der Waals surface area contributed by atoms with Gasteiger partial charge in [0.15, 0.2) is 12.0 Å². The van der Waals surface area contributed by atoms with Gasteiger partial charge in [0.05, 0.1) is 6.10 Å². The third kappa shape index (κ3) is 3.22. The molecule has 1 saturated heterocycles. The van der Waals surface area contributed by atoms with Gasteiger partial charge in [-0.25, -0.2) is 0 Å². The van der Waals surface area contributed by atoms with E-state index in [9.17, 15) is 4.79 Å². The van der Waals surface area contributed by atoms with Crippen LogP contribution in [-0.4, -0.2) is 28.6 Å². The highest BCUT2D eigenvalue weighted by Crippen LogP contribution is 2.45. The number of Topliss-reactive ketones (excluding diaryl/α,β-unsaturated/α-hetero) is 1. The molecular weight excluding hydrogens is 286 g/mol. The van der Waals surface area contributed by atoms with Gasteiger partial charge >= 0.3 is 0 Å². The number of fused-ring (bicyclic) bond motifs is 1. The van der Waals surface area contributed by atoms with Crippen molar-refractivity contribution in [2.45, 2.75) is 71.4 Å². The number of carbonyl (C=O) groups is 1. The minimum atomic E-state index is -0.420. The van der Waals surface area contributed by atoms with Crippen LogP contribution >= 0.6 is 0 Å². The van der Waals surface area contributed by atoms with Crippen molar-refractivity contribution in [2.75, 3.05) is 0 Å². The third-order valence-corrected chi connectivity index (χ3v) is 5.83. The standard InChI is InChI=1S/C20H29NO2/c1-14-10-11-17-18(12-14)23-19(15(2)22)21(20(17,3)4)13-16-8-6-5-7-9-16/h5-9,14,17-19H,10-13H2,1-4H3/t14-,17-,18+,19+/m1/s1. The predicted octanol–water partition coefficient (Wildman–Crippen LogP) is 4.02. The molecule has 3 rings (SSSR count). The smallest absolute Gasteiger partial charge is 0.173 e. The van der Waals surface area contributed by atoms with E-state index >= 15 is 0 Å². The molecule has 0 radical (unpaired) electrons. The monoisotopic (exact) mass is 315 g/mol. The van der Waals surface area contributed by atoms with Gasteiger partial charge in [-0.05, 0) is 45.1 Å². The van der Waals surface area contributed by atoms with Gasteiger partial charge in [0, 0.05) is 18.0 Å². The van der Waals surface area contributed by atoms with Gasteiger partial charge in [-0.15, -0.1) is 0 Å². The summed E-state index contributed by atoms with van der Waals surface area (Å²) in [6.07, 6.45) is 3.33. The van der Waals surface area contributed by atoms with Crippen molar-refractivity contribution in [3.8, 4) is 0 Å². The molecule has 0 unspecified atom stereocenters.